The van der Waals surface area contributed by atoms with Crippen molar-refractivity contribution in [2.45, 2.75) is 63.9 Å². The summed E-state index contributed by atoms with van der Waals surface area (Å²) >= 11 is 0. The highest BCUT2D eigenvalue weighted by molar-refractivity contribution is 5.90. The lowest BCUT2D eigenvalue weighted by Gasteiger charge is -2.31. The summed E-state index contributed by atoms with van der Waals surface area (Å²) in [5.74, 6) is 0.886. The second-order valence-corrected chi connectivity index (χ2v) is 7.18. The Balaban J connectivity index is 1.57. The van der Waals surface area contributed by atoms with Crippen LogP contribution >= 0.6 is 0 Å². The first-order valence-corrected chi connectivity index (χ1v) is 8.44. The van der Waals surface area contributed by atoms with Crippen LogP contribution in [0.2, 0.25) is 0 Å². The maximum Gasteiger partial charge on any atom is 0.334 e. The van der Waals surface area contributed by atoms with Gasteiger partial charge in [0.1, 0.15) is 12.2 Å². The molecule has 4 rings (SSSR count). The van der Waals surface area contributed by atoms with Crippen molar-refractivity contribution in [1.29, 1.82) is 0 Å². The molecule has 3 fully saturated rings. The fraction of sp³-hybridized carbons (Fsp3) is 0.824. The van der Waals surface area contributed by atoms with E-state index in [-0.39, 0.29) is 18.2 Å². The van der Waals surface area contributed by atoms with Crippen molar-refractivity contribution in [3.05, 3.63) is 11.6 Å². The van der Waals surface area contributed by atoms with E-state index in [1.54, 1.807) is 0 Å². The summed E-state index contributed by atoms with van der Waals surface area (Å²) in [5.41, 5.74) is 0.727. The summed E-state index contributed by atoms with van der Waals surface area (Å²) in [6.07, 6.45) is 7.20. The van der Waals surface area contributed by atoms with Crippen molar-refractivity contribution in [3.8, 4) is 0 Å². The monoisotopic (exact) mass is 291 g/mol. The maximum atomic E-state index is 11.6. The molecule has 116 valence electrons. The van der Waals surface area contributed by atoms with Crippen molar-refractivity contribution in [2.24, 2.45) is 11.8 Å². The smallest absolute Gasteiger partial charge is 0.334 e. The highest BCUT2D eigenvalue weighted by Crippen LogP contribution is 2.45. The molecule has 0 saturated carbocycles. The van der Waals surface area contributed by atoms with Crippen LogP contribution in [0.4, 0.5) is 0 Å². The van der Waals surface area contributed by atoms with Crippen LogP contribution < -0.4 is 0 Å². The van der Waals surface area contributed by atoms with Crippen LogP contribution in [0.25, 0.3) is 0 Å². The van der Waals surface area contributed by atoms with Gasteiger partial charge in [-0.2, -0.15) is 0 Å². The molecule has 6 atom stereocenters. The predicted octanol–water partition coefficient (Wildman–Crippen LogP) is 2.14. The number of nitrogens with zero attached hydrogens (tertiary/aromatic N) is 1. The van der Waals surface area contributed by atoms with E-state index in [9.17, 15) is 4.79 Å². The number of hydrogen-bond donors (Lipinski definition) is 0. The summed E-state index contributed by atoms with van der Waals surface area (Å²) in [7, 11) is 0. The van der Waals surface area contributed by atoms with Crippen molar-refractivity contribution in [1.82, 2.24) is 4.90 Å². The second-order valence-electron chi connectivity index (χ2n) is 7.18. The zero-order valence-electron chi connectivity index (χ0n) is 13.0. The number of rotatable bonds is 1. The van der Waals surface area contributed by atoms with Gasteiger partial charge in [-0.15, -0.1) is 0 Å². The van der Waals surface area contributed by atoms with Crippen LogP contribution in [0.3, 0.4) is 0 Å². The summed E-state index contributed by atoms with van der Waals surface area (Å²) in [6, 6.07) is 0.680. The van der Waals surface area contributed by atoms with E-state index in [0.717, 1.165) is 12.0 Å². The van der Waals surface area contributed by atoms with Crippen LogP contribution in [0.1, 0.15) is 39.5 Å². The molecule has 4 heteroatoms. The summed E-state index contributed by atoms with van der Waals surface area (Å²) < 4.78 is 11.9. The third-order valence-corrected chi connectivity index (χ3v) is 5.98. The summed E-state index contributed by atoms with van der Waals surface area (Å²) in [5, 5.41) is 0. The van der Waals surface area contributed by atoms with Crippen LogP contribution in [0.15, 0.2) is 11.6 Å². The number of esters is 1. The van der Waals surface area contributed by atoms with Gasteiger partial charge in [-0.05, 0) is 57.7 Å². The number of cyclic esters (lactones) is 1. The largest absolute Gasteiger partial charge is 0.452 e. The molecule has 0 aromatic heterocycles. The molecule has 4 nitrogen and oxygen atoms in total. The third-order valence-electron chi connectivity index (χ3n) is 5.98. The van der Waals surface area contributed by atoms with Gasteiger partial charge in [0.15, 0.2) is 0 Å². The third kappa shape index (κ3) is 2.15. The van der Waals surface area contributed by atoms with Gasteiger partial charge in [-0.1, -0.05) is 6.92 Å². The van der Waals surface area contributed by atoms with Gasteiger partial charge in [0.2, 0.25) is 0 Å². The SMILES string of the molecule is CC1=C[C@H]([C@@H]2O[C@H]3CCCN4CCC[C@@H]4[C@@H]3[C@H]2C)OC1=O. The van der Waals surface area contributed by atoms with Crippen molar-refractivity contribution in [2.75, 3.05) is 13.1 Å². The predicted molar refractivity (Wildman–Crippen MR) is 78.8 cm³/mol. The first kappa shape index (κ1) is 13.8. The minimum Gasteiger partial charge on any atom is -0.452 e. The van der Waals surface area contributed by atoms with Gasteiger partial charge in [0.25, 0.3) is 0 Å². The van der Waals surface area contributed by atoms with Gasteiger partial charge < -0.3 is 9.47 Å². The molecule has 0 aromatic rings. The Kier molecular flexibility index (Phi) is 3.34. The Morgan fingerprint density at radius 1 is 1.24 bits per heavy atom. The Morgan fingerprint density at radius 2 is 2.00 bits per heavy atom. The van der Waals surface area contributed by atoms with E-state index < -0.39 is 0 Å². The van der Waals surface area contributed by atoms with Gasteiger partial charge in [0.05, 0.1) is 6.10 Å². The van der Waals surface area contributed by atoms with Gasteiger partial charge in [-0.25, -0.2) is 4.79 Å². The molecule has 0 spiro atoms. The van der Waals surface area contributed by atoms with E-state index in [4.69, 9.17) is 9.47 Å². The lowest BCUT2D eigenvalue weighted by atomic mass is 9.80. The van der Waals surface area contributed by atoms with Crippen molar-refractivity contribution in [3.63, 3.8) is 0 Å². The quantitative estimate of drug-likeness (QED) is 0.694. The number of fused-ring (bicyclic) bond motifs is 3. The fourth-order valence-electron chi connectivity index (χ4n) is 5.00. The van der Waals surface area contributed by atoms with Crippen molar-refractivity contribution >= 4 is 5.97 Å². The molecule has 0 radical (unpaired) electrons. The lowest BCUT2D eigenvalue weighted by molar-refractivity contribution is -0.146. The molecule has 4 heterocycles. The Labute approximate surface area is 126 Å². The number of carbonyl (C=O) groups is 1. The second kappa shape index (κ2) is 5.10. The molecule has 0 N–H and O–H groups in total. The normalized spacial score (nSPS) is 46.8. The topological polar surface area (TPSA) is 38.8 Å². The summed E-state index contributed by atoms with van der Waals surface area (Å²) in [6.45, 7) is 6.61. The number of carbonyl (C=O) groups excluding carboxylic acids is 1. The molecule has 0 aromatic carbocycles. The van der Waals surface area contributed by atoms with Crippen LogP contribution in [-0.4, -0.2) is 48.3 Å². The van der Waals surface area contributed by atoms with Crippen LogP contribution in [0, 0.1) is 11.8 Å². The standard InChI is InChI=1S/C17H25NO3/c1-10-9-14(21-17(10)19)16-11(2)15-12-5-3-7-18(12)8-4-6-13(15)20-16/h9,11-16H,3-8H2,1-2H3/t11-,12-,13+,14-,15+,16-/m1/s1. The Morgan fingerprint density at radius 3 is 2.71 bits per heavy atom. The maximum absolute atomic E-state index is 11.6. The van der Waals surface area contributed by atoms with E-state index in [1.807, 2.05) is 13.0 Å². The molecule has 0 aliphatic carbocycles. The highest BCUT2D eigenvalue weighted by Gasteiger charge is 2.52. The minimum atomic E-state index is -0.176. The Bertz CT molecular complexity index is 475. The van der Waals surface area contributed by atoms with Gasteiger partial charge in [0, 0.05) is 17.5 Å². The first-order chi connectivity index (χ1) is 10.1. The first-order valence-electron chi connectivity index (χ1n) is 8.44. The molecule has 4 aliphatic heterocycles. The number of hydrogen-bond acceptors (Lipinski definition) is 4. The lowest BCUT2D eigenvalue weighted by Crippen LogP contribution is -2.40. The van der Waals surface area contributed by atoms with Crippen molar-refractivity contribution < 1.29 is 14.3 Å². The van der Waals surface area contributed by atoms with Gasteiger partial charge in [-0.3, -0.25) is 4.90 Å². The average Bonchev–Trinajstić information content (AvgIpc) is 3.08. The fourth-order valence-corrected chi connectivity index (χ4v) is 5.00. The molecule has 21 heavy (non-hydrogen) atoms. The zero-order chi connectivity index (χ0) is 14.6. The Hall–Kier alpha value is -0.870. The van der Waals surface area contributed by atoms with Gasteiger partial charge >= 0.3 is 5.97 Å². The van der Waals surface area contributed by atoms with E-state index in [2.05, 4.69) is 11.8 Å². The molecule has 0 amide bonds. The molecule has 3 saturated heterocycles. The van der Waals surface area contributed by atoms with E-state index >= 15 is 0 Å². The van der Waals surface area contributed by atoms with E-state index in [1.165, 1.54) is 32.4 Å². The molecule has 0 bridgehead atoms. The molecular formula is C17H25NO3. The zero-order valence-corrected chi connectivity index (χ0v) is 13.0. The molecule has 0 unspecified atom stereocenters. The van der Waals surface area contributed by atoms with E-state index in [0.29, 0.717) is 24.0 Å². The average molecular weight is 291 g/mol. The van der Waals surface area contributed by atoms with Crippen LogP contribution in [0.5, 0.6) is 0 Å². The summed E-state index contributed by atoms with van der Waals surface area (Å²) in [4.78, 5) is 14.3. The highest BCUT2D eigenvalue weighted by atomic mass is 16.6. The minimum absolute atomic E-state index is 0.0435. The number of ether oxygens (including phenoxy) is 2. The molecule has 4 aliphatic rings. The molecular weight excluding hydrogens is 266 g/mol. The van der Waals surface area contributed by atoms with Crippen LogP contribution in [-0.2, 0) is 14.3 Å².